The van der Waals surface area contributed by atoms with Crippen LogP contribution >= 0.6 is 11.8 Å². The molecule has 1 aliphatic heterocycles. The molecule has 0 N–H and O–H groups in total. The van der Waals surface area contributed by atoms with Gasteiger partial charge in [-0.3, -0.25) is 4.79 Å². The highest BCUT2D eigenvalue weighted by atomic mass is 32.2. The van der Waals surface area contributed by atoms with Crippen LogP contribution in [0.5, 0.6) is 0 Å². The van der Waals surface area contributed by atoms with Crippen LogP contribution in [0.3, 0.4) is 0 Å². The van der Waals surface area contributed by atoms with E-state index in [9.17, 15) is 22.0 Å². The van der Waals surface area contributed by atoms with Gasteiger partial charge in [-0.25, -0.2) is 17.2 Å². The van der Waals surface area contributed by atoms with Gasteiger partial charge in [0, 0.05) is 37.1 Å². The zero-order valence-electron chi connectivity index (χ0n) is 15.1. The molecule has 2 aromatic carbocycles. The molecular weight excluding hydrogens is 406 g/mol. The predicted octanol–water partition coefficient (Wildman–Crippen LogP) is 2.73. The van der Waals surface area contributed by atoms with Crippen molar-refractivity contribution >= 4 is 27.7 Å². The van der Waals surface area contributed by atoms with Gasteiger partial charge in [-0.1, -0.05) is 30.3 Å². The summed E-state index contributed by atoms with van der Waals surface area (Å²) < 4.78 is 53.1. The maximum absolute atomic E-state index is 13.6. The molecule has 9 heteroatoms. The molecule has 1 heterocycles. The van der Waals surface area contributed by atoms with E-state index >= 15 is 0 Å². The molecule has 0 atom stereocenters. The monoisotopic (exact) mass is 426 g/mol. The van der Waals surface area contributed by atoms with Gasteiger partial charge in [0.15, 0.2) is 0 Å². The van der Waals surface area contributed by atoms with Gasteiger partial charge in [-0.15, -0.1) is 11.8 Å². The summed E-state index contributed by atoms with van der Waals surface area (Å²) in [5.74, 6) is -1.62. The highest BCUT2D eigenvalue weighted by Gasteiger charge is 2.29. The van der Waals surface area contributed by atoms with E-state index in [4.69, 9.17) is 0 Å². The Balaban J connectivity index is 1.51. The number of carbonyl (C=O) groups is 1. The first kappa shape index (κ1) is 20.8. The molecule has 150 valence electrons. The number of rotatable bonds is 6. The average molecular weight is 427 g/mol. The van der Waals surface area contributed by atoms with Crippen LogP contribution in [0.1, 0.15) is 5.56 Å². The predicted molar refractivity (Wildman–Crippen MR) is 104 cm³/mol. The van der Waals surface area contributed by atoms with Crippen molar-refractivity contribution in [2.75, 3.05) is 31.9 Å². The van der Waals surface area contributed by atoms with E-state index in [1.54, 1.807) is 29.2 Å². The zero-order valence-corrected chi connectivity index (χ0v) is 16.7. The number of amides is 1. The van der Waals surface area contributed by atoms with Gasteiger partial charge in [0.25, 0.3) is 0 Å². The molecular formula is C19H20F2N2O3S2. The van der Waals surface area contributed by atoms with Crippen molar-refractivity contribution in [1.29, 1.82) is 0 Å². The summed E-state index contributed by atoms with van der Waals surface area (Å²) in [5, 5.41) is 0. The van der Waals surface area contributed by atoms with Crippen LogP contribution in [0.2, 0.25) is 0 Å². The molecule has 1 fully saturated rings. The molecule has 0 aromatic heterocycles. The zero-order chi connectivity index (χ0) is 20.1. The molecule has 5 nitrogen and oxygen atoms in total. The second-order valence-electron chi connectivity index (χ2n) is 6.39. The van der Waals surface area contributed by atoms with Crippen molar-refractivity contribution in [3.05, 3.63) is 65.7 Å². The van der Waals surface area contributed by atoms with E-state index in [0.29, 0.717) is 13.1 Å². The lowest BCUT2D eigenvalue weighted by atomic mass is 10.2. The minimum absolute atomic E-state index is 0.0132. The number of piperazine rings is 1. The second kappa shape index (κ2) is 9.02. The van der Waals surface area contributed by atoms with E-state index < -0.39 is 21.7 Å². The van der Waals surface area contributed by atoms with Crippen LogP contribution in [-0.4, -0.2) is 55.5 Å². The molecule has 1 saturated heterocycles. The minimum Gasteiger partial charge on any atom is -0.339 e. The molecule has 0 aliphatic carbocycles. The fourth-order valence-corrected chi connectivity index (χ4v) is 5.25. The van der Waals surface area contributed by atoms with E-state index in [-0.39, 0.29) is 35.4 Å². The van der Waals surface area contributed by atoms with E-state index in [2.05, 4.69) is 0 Å². The topological polar surface area (TPSA) is 57.7 Å². The number of hydrogen-bond acceptors (Lipinski definition) is 4. The highest BCUT2D eigenvalue weighted by Crippen LogP contribution is 2.23. The van der Waals surface area contributed by atoms with E-state index in [1.807, 2.05) is 6.07 Å². The van der Waals surface area contributed by atoms with Crippen molar-refractivity contribution in [2.45, 2.75) is 10.6 Å². The summed E-state index contributed by atoms with van der Waals surface area (Å²) in [7, 11) is -3.45. The molecule has 0 spiro atoms. The Morgan fingerprint density at radius 3 is 2.32 bits per heavy atom. The lowest BCUT2D eigenvalue weighted by Gasteiger charge is -2.34. The maximum atomic E-state index is 13.6. The molecule has 0 saturated carbocycles. The number of carbonyl (C=O) groups excluding carboxylic acids is 1. The van der Waals surface area contributed by atoms with Gasteiger partial charge < -0.3 is 4.90 Å². The largest absolute Gasteiger partial charge is 0.339 e. The van der Waals surface area contributed by atoms with Crippen LogP contribution < -0.4 is 0 Å². The van der Waals surface area contributed by atoms with Crippen LogP contribution in [0, 0.1) is 11.6 Å². The first-order valence-corrected chi connectivity index (χ1v) is 11.3. The molecule has 0 radical (unpaired) electrons. The first-order valence-electron chi connectivity index (χ1n) is 8.72. The van der Waals surface area contributed by atoms with Crippen molar-refractivity contribution in [1.82, 2.24) is 9.21 Å². The SMILES string of the molecule is O=C(CSc1ccc(F)cc1F)N1CCN(S(=O)(=O)Cc2ccccc2)CC1. The Morgan fingerprint density at radius 1 is 1.00 bits per heavy atom. The van der Waals surface area contributed by atoms with E-state index in [0.717, 1.165) is 29.5 Å². The Labute approximate surface area is 167 Å². The number of halogens is 2. The highest BCUT2D eigenvalue weighted by molar-refractivity contribution is 8.00. The lowest BCUT2D eigenvalue weighted by Crippen LogP contribution is -2.51. The molecule has 0 unspecified atom stereocenters. The smallest absolute Gasteiger partial charge is 0.233 e. The van der Waals surface area contributed by atoms with Crippen LogP contribution in [-0.2, 0) is 20.6 Å². The Bertz CT molecular complexity index is 931. The summed E-state index contributed by atoms with van der Waals surface area (Å²) in [4.78, 5) is 14.1. The molecule has 3 rings (SSSR count). The Kier molecular flexibility index (Phi) is 6.69. The van der Waals surface area contributed by atoms with Gasteiger partial charge in [0.05, 0.1) is 11.5 Å². The van der Waals surface area contributed by atoms with Crippen LogP contribution in [0.15, 0.2) is 53.4 Å². The second-order valence-corrected chi connectivity index (χ2v) is 9.37. The first-order chi connectivity index (χ1) is 13.3. The quantitative estimate of drug-likeness (QED) is 0.667. The maximum Gasteiger partial charge on any atom is 0.233 e. The lowest BCUT2D eigenvalue weighted by molar-refractivity contribution is -0.129. The van der Waals surface area contributed by atoms with Crippen molar-refractivity contribution in [3.8, 4) is 0 Å². The normalized spacial score (nSPS) is 15.6. The van der Waals surface area contributed by atoms with Crippen LogP contribution in [0.4, 0.5) is 8.78 Å². The summed E-state index contributed by atoms with van der Waals surface area (Å²) in [5.41, 5.74) is 0.721. The third-order valence-electron chi connectivity index (χ3n) is 4.42. The summed E-state index contributed by atoms with van der Waals surface area (Å²) in [6.45, 7) is 1.05. The van der Waals surface area contributed by atoms with Gasteiger partial charge in [-0.2, -0.15) is 4.31 Å². The standard InChI is InChI=1S/C19H20F2N2O3S2/c20-16-6-7-18(17(21)12-16)27-13-19(24)22-8-10-23(11-9-22)28(25,26)14-15-4-2-1-3-5-15/h1-7,12H,8-11,13-14H2. The molecule has 28 heavy (non-hydrogen) atoms. The van der Waals surface area contributed by atoms with Gasteiger partial charge >= 0.3 is 0 Å². The Morgan fingerprint density at radius 2 is 1.68 bits per heavy atom. The third kappa shape index (κ3) is 5.30. The fraction of sp³-hybridized carbons (Fsp3) is 0.316. The number of nitrogens with zero attached hydrogens (tertiary/aromatic N) is 2. The number of sulfonamides is 1. The van der Waals surface area contributed by atoms with Gasteiger partial charge in [-0.05, 0) is 17.7 Å². The summed E-state index contributed by atoms with van der Waals surface area (Å²) in [6.07, 6.45) is 0. The number of hydrogen-bond donors (Lipinski definition) is 0. The molecule has 2 aromatic rings. The third-order valence-corrected chi connectivity index (χ3v) is 7.31. The van der Waals surface area contributed by atoms with Gasteiger partial charge in [0.1, 0.15) is 11.6 Å². The van der Waals surface area contributed by atoms with Crippen molar-refractivity contribution < 1.29 is 22.0 Å². The molecule has 1 amide bonds. The average Bonchev–Trinajstić information content (AvgIpc) is 2.67. The summed E-state index contributed by atoms with van der Waals surface area (Å²) >= 11 is 1.00. The van der Waals surface area contributed by atoms with E-state index in [1.165, 1.54) is 10.4 Å². The molecule has 0 bridgehead atoms. The number of thioether (sulfide) groups is 1. The van der Waals surface area contributed by atoms with Crippen molar-refractivity contribution in [2.24, 2.45) is 0 Å². The summed E-state index contributed by atoms with van der Waals surface area (Å²) in [6, 6.07) is 12.2. The Hall–Kier alpha value is -1.97. The molecule has 1 aliphatic rings. The van der Waals surface area contributed by atoms with Crippen LogP contribution in [0.25, 0.3) is 0 Å². The number of benzene rings is 2. The minimum atomic E-state index is -3.45. The fourth-order valence-electron chi connectivity index (χ4n) is 2.91. The van der Waals surface area contributed by atoms with Gasteiger partial charge in [0.2, 0.25) is 15.9 Å². The van der Waals surface area contributed by atoms with Crippen molar-refractivity contribution in [3.63, 3.8) is 0 Å².